The summed E-state index contributed by atoms with van der Waals surface area (Å²) in [6.45, 7) is 1.61. The van der Waals surface area contributed by atoms with Crippen molar-refractivity contribution in [2.75, 3.05) is 27.7 Å². The number of alkyl halides is 3. The van der Waals surface area contributed by atoms with Crippen molar-refractivity contribution in [3.05, 3.63) is 102 Å². The second kappa shape index (κ2) is 12.1. The van der Waals surface area contributed by atoms with Gasteiger partial charge in [0.15, 0.2) is 0 Å². The molecule has 7 nitrogen and oxygen atoms in total. The standard InChI is InChI=1S/C31H32F3N7/c1-35-18-4-5-26-19-30(24-8-6-22(7-9-24)23-10-12-25(13-11-23)31(32,33)34)41(37-26)29-16-14-28(15-17-29)40-21-27(36-38-40)20-39(2)3/h6-17,19,21,35H,4-5,18,20H2,1-3H3. The van der Waals surface area contributed by atoms with Crippen molar-refractivity contribution in [3.8, 4) is 33.8 Å². The van der Waals surface area contributed by atoms with Gasteiger partial charge in [-0.25, -0.2) is 9.36 Å². The van der Waals surface area contributed by atoms with Crippen LogP contribution in [0.25, 0.3) is 33.8 Å². The van der Waals surface area contributed by atoms with Crippen LogP contribution in [-0.2, 0) is 19.1 Å². The molecule has 0 bridgehead atoms. The summed E-state index contributed by atoms with van der Waals surface area (Å²) in [6.07, 6.45) is -0.642. The number of aryl methyl sites for hydroxylation is 1. The Balaban J connectivity index is 1.43. The molecule has 2 aromatic heterocycles. The average Bonchev–Trinajstić information content (AvgIpc) is 3.60. The normalized spacial score (nSPS) is 11.9. The SMILES string of the molecule is CNCCCc1cc(-c2ccc(-c3ccc(C(F)(F)F)cc3)cc2)n(-c2ccc(-n3cc(CN(C)C)nn3)cc2)n1. The summed E-state index contributed by atoms with van der Waals surface area (Å²) in [5.74, 6) is 0. The van der Waals surface area contributed by atoms with E-state index in [0.29, 0.717) is 6.54 Å². The molecule has 5 rings (SSSR count). The van der Waals surface area contributed by atoms with Gasteiger partial charge < -0.3 is 10.2 Å². The van der Waals surface area contributed by atoms with Crippen molar-refractivity contribution >= 4 is 0 Å². The van der Waals surface area contributed by atoms with Gasteiger partial charge in [-0.1, -0.05) is 41.6 Å². The van der Waals surface area contributed by atoms with Crippen molar-refractivity contribution in [1.82, 2.24) is 35.0 Å². The van der Waals surface area contributed by atoms with E-state index in [0.717, 1.165) is 76.7 Å². The van der Waals surface area contributed by atoms with Crippen molar-refractivity contribution in [1.29, 1.82) is 0 Å². The van der Waals surface area contributed by atoms with E-state index in [1.54, 1.807) is 4.68 Å². The van der Waals surface area contributed by atoms with Crippen LogP contribution in [0.4, 0.5) is 13.2 Å². The number of benzene rings is 3. The van der Waals surface area contributed by atoms with E-state index in [2.05, 4.69) is 21.7 Å². The minimum absolute atomic E-state index is 0.656. The van der Waals surface area contributed by atoms with Gasteiger partial charge in [0.2, 0.25) is 0 Å². The first-order chi connectivity index (χ1) is 19.7. The lowest BCUT2D eigenvalue weighted by atomic mass is 10.0. The smallest absolute Gasteiger partial charge is 0.320 e. The zero-order valence-corrected chi connectivity index (χ0v) is 23.2. The molecule has 0 aliphatic rings. The summed E-state index contributed by atoms with van der Waals surface area (Å²) >= 11 is 0. The molecule has 0 amide bonds. The maximum absolute atomic E-state index is 13.0. The number of rotatable bonds is 10. The highest BCUT2D eigenvalue weighted by molar-refractivity contribution is 5.70. The Morgan fingerprint density at radius 3 is 2.02 bits per heavy atom. The van der Waals surface area contributed by atoms with Crippen LogP contribution >= 0.6 is 0 Å². The van der Waals surface area contributed by atoms with Crippen LogP contribution in [0.3, 0.4) is 0 Å². The van der Waals surface area contributed by atoms with Gasteiger partial charge in [-0.05, 0) is 94.1 Å². The fraction of sp³-hybridized carbons (Fsp3) is 0.258. The lowest BCUT2D eigenvalue weighted by molar-refractivity contribution is -0.137. The Kier molecular flexibility index (Phi) is 8.32. The Hall–Kier alpha value is -4.28. The van der Waals surface area contributed by atoms with E-state index < -0.39 is 11.7 Å². The van der Waals surface area contributed by atoms with Crippen molar-refractivity contribution in [2.45, 2.75) is 25.6 Å². The van der Waals surface area contributed by atoms with Crippen molar-refractivity contribution in [2.24, 2.45) is 0 Å². The molecule has 5 aromatic rings. The summed E-state index contributed by atoms with van der Waals surface area (Å²) in [7, 11) is 5.91. The molecule has 2 heterocycles. The number of aromatic nitrogens is 5. The summed E-state index contributed by atoms with van der Waals surface area (Å²) in [5, 5.41) is 16.6. The monoisotopic (exact) mass is 559 g/mol. The molecule has 1 N–H and O–H groups in total. The maximum atomic E-state index is 13.0. The summed E-state index contributed by atoms with van der Waals surface area (Å²) < 4.78 is 42.6. The van der Waals surface area contributed by atoms with E-state index >= 15 is 0 Å². The zero-order chi connectivity index (χ0) is 29.0. The van der Waals surface area contributed by atoms with Crippen molar-refractivity contribution < 1.29 is 13.2 Å². The van der Waals surface area contributed by atoms with Gasteiger partial charge in [-0.3, -0.25) is 0 Å². The highest BCUT2D eigenvalue weighted by atomic mass is 19.4. The molecule has 0 atom stereocenters. The first-order valence-electron chi connectivity index (χ1n) is 13.4. The molecule has 10 heteroatoms. The molecule has 0 fully saturated rings. The minimum Gasteiger partial charge on any atom is -0.320 e. The third kappa shape index (κ3) is 6.72. The predicted octanol–water partition coefficient (Wildman–Crippen LogP) is 6.02. The van der Waals surface area contributed by atoms with Gasteiger partial charge in [-0.2, -0.15) is 18.3 Å². The second-order valence-electron chi connectivity index (χ2n) is 10.2. The van der Waals surface area contributed by atoms with Crippen LogP contribution < -0.4 is 5.32 Å². The second-order valence-corrected chi connectivity index (χ2v) is 10.2. The zero-order valence-electron chi connectivity index (χ0n) is 23.2. The van der Waals surface area contributed by atoms with Gasteiger partial charge in [-0.15, -0.1) is 5.10 Å². The van der Waals surface area contributed by atoms with Gasteiger partial charge in [0, 0.05) is 12.1 Å². The quantitative estimate of drug-likeness (QED) is 0.212. The number of halogens is 3. The highest BCUT2D eigenvalue weighted by Crippen LogP contribution is 2.32. The summed E-state index contributed by atoms with van der Waals surface area (Å²) in [5.41, 5.74) is 6.48. The number of hydrogen-bond acceptors (Lipinski definition) is 5. The van der Waals surface area contributed by atoms with Gasteiger partial charge in [0.25, 0.3) is 0 Å². The molecule has 0 aliphatic heterocycles. The summed E-state index contributed by atoms with van der Waals surface area (Å²) in [6, 6.07) is 23.1. The minimum atomic E-state index is -4.35. The van der Waals surface area contributed by atoms with E-state index in [9.17, 15) is 13.2 Å². The fourth-order valence-corrected chi connectivity index (χ4v) is 4.65. The maximum Gasteiger partial charge on any atom is 0.416 e. The Bertz CT molecular complexity index is 1570. The molecule has 0 saturated heterocycles. The van der Waals surface area contributed by atoms with Crippen molar-refractivity contribution in [3.63, 3.8) is 0 Å². The number of nitrogens with zero attached hydrogens (tertiary/aromatic N) is 6. The predicted molar refractivity (Wildman–Crippen MR) is 154 cm³/mol. The van der Waals surface area contributed by atoms with Gasteiger partial charge in [0.1, 0.15) is 0 Å². The van der Waals surface area contributed by atoms with Crippen LogP contribution in [0.1, 0.15) is 23.4 Å². The fourth-order valence-electron chi connectivity index (χ4n) is 4.65. The first kappa shape index (κ1) is 28.3. The number of hydrogen-bond donors (Lipinski definition) is 1. The molecular weight excluding hydrogens is 527 g/mol. The summed E-state index contributed by atoms with van der Waals surface area (Å²) in [4.78, 5) is 2.04. The molecule has 3 aromatic carbocycles. The van der Waals surface area contributed by atoms with E-state index in [4.69, 9.17) is 5.10 Å². The van der Waals surface area contributed by atoms with Crippen LogP contribution in [0.15, 0.2) is 85.1 Å². The average molecular weight is 560 g/mol. The molecule has 0 spiro atoms. The van der Waals surface area contributed by atoms with Crippen LogP contribution in [0.5, 0.6) is 0 Å². The largest absolute Gasteiger partial charge is 0.416 e. The van der Waals surface area contributed by atoms with Crippen LogP contribution in [-0.4, -0.2) is 57.4 Å². The highest BCUT2D eigenvalue weighted by Gasteiger charge is 2.30. The number of nitrogens with one attached hydrogen (secondary N) is 1. The molecule has 0 aliphatic carbocycles. The lowest BCUT2D eigenvalue weighted by Crippen LogP contribution is -2.10. The van der Waals surface area contributed by atoms with Gasteiger partial charge in [0.05, 0.1) is 40.2 Å². The Labute approximate surface area is 237 Å². The first-order valence-corrected chi connectivity index (χ1v) is 13.4. The Morgan fingerprint density at radius 2 is 1.41 bits per heavy atom. The molecule has 212 valence electrons. The third-order valence-corrected chi connectivity index (χ3v) is 6.72. The molecular formula is C31H32F3N7. The third-order valence-electron chi connectivity index (χ3n) is 6.72. The van der Waals surface area contributed by atoms with Gasteiger partial charge >= 0.3 is 6.18 Å². The topological polar surface area (TPSA) is 63.8 Å². The van der Waals surface area contributed by atoms with Crippen LogP contribution in [0, 0.1) is 0 Å². The van der Waals surface area contributed by atoms with E-state index in [1.165, 1.54) is 12.1 Å². The lowest BCUT2D eigenvalue weighted by Gasteiger charge is -2.10. The van der Waals surface area contributed by atoms with E-state index in [-0.39, 0.29) is 0 Å². The Morgan fingerprint density at radius 1 is 0.805 bits per heavy atom. The van der Waals surface area contributed by atoms with Crippen LogP contribution in [0.2, 0.25) is 0 Å². The molecule has 41 heavy (non-hydrogen) atoms. The molecule has 0 unspecified atom stereocenters. The van der Waals surface area contributed by atoms with E-state index in [1.807, 2.05) is 85.5 Å². The molecule has 0 radical (unpaired) electrons. The molecule has 0 saturated carbocycles.